The molecule has 2 N–H and O–H groups in total. The fraction of sp³-hybridized carbons (Fsp3) is 0.176. The van der Waals surface area contributed by atoms with Crippen molar-refractivity contribution in [2.45, 2.75) is 20.4 Å². The summed E-state index contributed by atoms with van der Waals surface area (Å²) in [6.45, 7) is 5.10. The van der Waals surface area contributed by atoms with Crippen molar-refractivity contribution in [3.05, 3.63) is 63.8 Å². The van der Waals surface area contributed by atoms with Crippen molar-refractivity contribution >= 4 is 32.5 Å². The third-order valence-electron chi connectivity index (χ3n) is 3.59. The molecule has 0 saturated carbocycles. The number of nitrogens with one attached hydrogen (secondary N) is 2. The quantitative estimate of drug-likeness (QED) is 0.682. The summed E-state index contributed by atoms with van der Waals surface area (Å²) >= 11 is 3.53. The largest absolute Gasteiger partial charge is 0.381 e. The molecule has 1 aromatic heterocycles. The fourth-order valence-corrected chi connectivity index (χ4v) is 3.27. The van der Waals surface area contributed by atoms with Crippen LogP contribution in [0.1, 0.15) is 16.7 Å². The van der Waals surface area contributed by atoms with Crippen LogP contribution in [0, 0.1) is 13.8 Å². The molecular weight excluding hydrogens is 312 g/mol. The summed E-state index contributed by atoms with van der Waals surface area (Å²) in [7, 11) is 0. The molecule has 20 heavy (non-hydrogen) atoms. The van der Waals surface area contributed by atoms with Crippen molar-refractivity contribution in [3.63, 3.8) is 0 Å². The Morgan fingerprint density at radius 3 is 2.55 bits per heavy atom. The molecular formula is C17H17BrN2. The summed E-state index contributed by atoms with van der Waals surface area (Å²) < 4.78 is 1.13. The van der Waals surface area contributed by atoms with Crippen LogP contribution in [0.5, 0.6) is 0 Å². The third kappa shape index (κ3) is 2.59. The van der Waals surface area contributed by atoms with Gasteiger partial charge in [0.15, 0.2) is 0 Å². The predicted octanol–water partition coefficient (Wildman–Crippen LogP) is 5.16. The molecule has 0 aliphatic heterocycles. The molecule has 3 aromatic rings. The van der Waals surface area contributed by atoms with E-state index < -0.39 is 0 Å². The molecule has 0 fully saturated rings. The Morgan fingerprint density at radius 1 is 1.05 bits per heavy atom. The number of rotatable bonds is 3. The van der Waals surface area contributed by atoms with Crippen molar-refractivity contribution < 1.29 is 0 Å². The van der Waals surface area contributed by atoms with Crippen LogP contribution in [0.2, 0.25) is 0 Å². The van der Waals surface area contributed by atoms with E-state index in [-0.39, 0.29) is 0 Å². The number of H-pyrrole nitrogens is 1. The van der Waals surface area contributed by atoms with Gasteiger partial charge in [-0.25, -0.2) is 0 Å². The van der Waals surface area contributed by atoms with Gasteiger partial charge in [0.2, 0.25) is 0 Å². The topological polar surface area (TPSA) is 27.8 Å². The number of anilines is 1. The first kappa shape index (κ1) is 13.3. The number of aromatic amines is 1. The summed E-state index contributed by atoms with van der Waals surface area (Å²) in [5.41, 5.74) is 6.21. The number of benzene rings is 2. The molecule has 0 radical (unpaired) electrons. The van der Waals surface area contributed by atoms with Gasteiger partial charge < -0.3 is 10.3 Å². The lowest BCUT2D eigenvalue weighted by Gasteiger charge is -2.13. The minimum absolute atomic E-state index is 0.832. The highest BCUT2D eigenvalue weighted by Crippen LogP contribution is 2.25. The van der Waals surface area contributed by atoms with E-state index in [0.29, 0.717) is 0 Å². The Kier molecular flexibility index (Phi) is 3.53. The second-order valence-corrected chi connectivity index (χ2v) is 6.08. The molecule has 0 spiro atoms. The van der Waals surface area contributed by atoms with Gasteiger partial charge in [0.1, 0.15) is 0 Å². The molecule has 1 heterocycles. The van der Waals surface area contributed by atoms with Gasteiger partial charge in [0, 0.05) is 28.4 Å². The van der Waals surface area contributed by atoms with E-state index in [1.165, 1.54) is 33.3 Å². The minimum Gasteiger partial charge on any atom is -0.381 e. The lowest BCUT2D eigenvalue weighted by molar-refractivity contribution is 1.13. The number of fused-ring (bicyclic) bond motifs is 1. The normalized spacial score (nSPS) is 10.9. The standard InChI is InChI=1S/C17H17BrN2/c1-11-7-15(18)8-12(2)17(11)20-10-13-3-4-14-5-6-19-16(14)9-13/h3-9,19-20H,10H2,1-2H3. The Balaban J connectivity index is 1.82. The summed E-state index contributed by atoms with van der Waals surface area (Å²) in [4.78, 5) is 3.25. The Labute approximate surface area is 127 Å². The van der Waals surface area contributed by atoms with Gasteiger partial charge in [-0.05, 0) is 60.2 Å². The minimum atomic E-state index is 0.832. The summed E-state index contributed by atoms with van der Waals surface area (Å²) in [6, 6.07) is 12.9. The number of hydrogen-bond acceptors (Lipinski definition) is 1. The van der Waals surface area contributed by atoms with Gasteiger partial charge in [-0.15, -0.1) is 0 Å². The molecule has 0 bridgehead atoms. The van der Waals surface area contributed by atoms with Gasteiger partial charge in [-0.2, -0.15) is 0 Å². The maximum Gasteiger partial charge on any atom is 0.0457 e. The molecule has 102 valence electrons. The average Bonchev–Trinajstić information content (AvgIpc) is 2.84. The Hall–Kier alpha value is -1.74. The highest BCUT2D eigenvalue weighted by Gasteiger charge is 2.04. The zero-order valence-electron chi connectivity index (χ0n) is 11.6. The van der Waals surface area contributed by atoms with Crippen molar-refractivity contribution in [1.29, 1.82) is 0 Å². The predicted molar refractivity (Wildman–Crippen MR) is 89.2 cm³/mol. The second-order valence-electron chi connectivity index (χ2n) is 5.17. The summed E-state index contributed by atoms with van der Waals surface area (Å²) in [6.07, 6.45) is 1.98. The summed E-state index contributed by atoms with van der Waals surface area (Å²) in [5.74, 6) is 0. The van der Waals surface area contributed by atoms with E-state index in [9.17, 15) is 0 Å². The lowest BCUT2D eigenvalue weighted by atomic mass is 10.1. The van der Waals surface area contributed by atoms with Crippen LogP contribution in [0.4, 0.5) is 5.69 Å². The van der Waals surface area contributed by atoms with Crippen LogP contribution < -0.4 is 5.32 Å². The maximum atomic E-state index is 3.55. The van der Waals surface area contributed by atoms with Crippen LogP contribution >= 0.6 is 15.9 Å². The molecule has 0 saturated heterocycles. The molecule has 0 aliphatic carbocycles. The van der Waals surface area contributed by atoms with E-state index >= 15 is 0 Å². The van der Waals surface area contributed by atoms with Gasteiger partial charge in [-0.1, -0.05) is 28.1 Å². The first-order chi connectivity index (χ1) is 9.63. The number of hydrogen-bond donors (Lipinski definition) is 2. The van der Waals surface area contributed by atoms with E-state index in [0.717, 1.165) is 11.0 Å². The molecule has 0 amide bonds. The van der Waals surface area contributed by atoms with E-state index in [1.807, 2.05) is 6.20 Å². The SMILES string of the molecule is Cc1cc(Br)cc(C)c1NCc1ccc2cc[nH]c2c1. The smallest absolute Gasteiger partial charge is 0.0457 e. The second kappa shape index (κ2) is 5.33. The zero-order valence-corrected chi connectivity index (χ0v) is 13.2. The fourth-order valence-electron chi connectivity index (χ4n) is 2.58. The number of aryl methyl sites for hydroxylation is 2. The van der Waals surface area contributed by atoms with Gasteiger partial charge in [0.05, 0.1) is 0 Å². The molecule has 3 rings (SSSR count). The Bertz CT molecular complexity index is 736. The van der Waals surface area contributed by atoms with E-state index in [2.05, 4.69) is 76.5 Å². The van der Waals surface area contributed by atoms with Gasteiger partial charge in [0.25, 0.3) is 0 Å². The van der Waals surface area contributed by atoms with Crippen LogP contribution in [0.25, 0.3) is 10.9 Å². The Morgan fingerprint density at radius 2 is 1.80 bits per heavy atom. The van der Waals surface area contributed by atoms with E-state index in [1.54, 1.807) is 0 Å². The first-order valence-corrected chi connectivity index (χ1v) is 7.49. The highest BCUT2D eigenvalue weighted by molar-refractivity contribution is 9.10. The summed E-state index contributed by atoms with van der Waals surface area (Å²) in [5, 5.41) is 4.80. The van der Waals surface area contributed by atoms with Crippen molar-refractivity contribution in [1.82, 2.24) is 4.98 Å². The zero-order chi connectivity index (χ0) is 14.1. The number of halogens is 1. The maximum absolute atomic E-state index is 3.55. The first-order valence-electron chi connectivity index (χ1n) is 6.70. The van der Waals surface area contributed by atoms with Crippen LogP contribution in [0.3, 0.4) is 0 Å². The van der Waals surface area contributed by atoms with Gasteiger partial charge >= 0.3 is 0 Å². The van der Waals surface area contributed by atoms with Crippen LogP contribution in [0.15, 0.2) is 47.1 Å². The average molecular weight is 329 g/mol. The molecule has 0 aliphatic rings. The van der Waals surface area contributed by atoms with Crippen molar-refractivity contribution in [3.8, 4) is 0 Å². The molecule has 2 aromatic carbocycles. The van der Waals surface area contributed by atoms with Crippen LogP contribution in [-0.2, 0) is 6.54 Å². The van der Waals surface area contributed by atoms with Gasteiger partial charge in [-0.3, -0.25) is 0 Å². The number of aromatic nitrogens is 1. The molecule has 0 atom stereocenters. The van der Waals surface area contributed by atoms with Crippen molar-refractivity contribution in [2.75, 3.05) is 5.32 Å². The molecule has 2 nitrogen and oxygen atoms in total. The van der Waals surface area contributed by atoms with E-state index in [4.69, 9.17) is 0 Å². The third-order valence-corrected chi connectivity index (χ3v) is 4.04. The monoisotopic (exact) mass is 328 g/mol. The molecule has 0 unspecified atom stereocenters. The molecule has 3 heteroatoms. The highest BCUT2D eigenvalue weighted by atomic mass is 79.9. The van der Waals surface area contributed by atoms with Crippen LogP contribution in [-0.4, -0.2) is 4.98 Å². The lowest BCUT2D eigenvalue weighted by Crippen LogP contribution is -2.03. The van der Waals surface area contributed by atoms with Crippen molar-refractivity contribution in [2.24, 2.45) is 0 Å².